The van der Waals surface area contributed by atoms with Crippen molar-refractivity contribution in [2.75, 3.05) is 13.2 Å². The summed E-state index contributed by atoms with van der Waals surface area (Å²) in [6.45, 7) is 0.828. The second kappa shape index (κ2) is 5.35. The molecule has 0 unspecified atom stereocenters. The molecule has 1 aliphatic rings. The first kappa shape index (κ1) is 9.77. The molecule has 0 bridgehead atoms. The van der Waals surface area contributed by atoms with Gasteiger partial charge in [-0.3, -0.25) is 0 Å². The molecule has 1 heterocycles. The molecule has 0 radical (unpaired) electrons. The minimum absolute atomic E-state index is 0.414. The van der Waals surface area contributed by atoms with E-state index in [2.05, 4.69) is 0 Å². The molecule has 72 valence electrons. The van der Waals surface area contributed by atoms with Gasteiger partial charge < -0.3 is 9.47 Å². The van der Waals surface area contributed by atoms with Gasteiger partial charge in [-0.1, -0.05) is 0 Å². The van der Waals surface area contributed by atoms with E-state index in [0.717, 1.165) is 31.4 Å². The maximum absolute atomic E-state index is 10.8. The molecular formula is C9H12O4. The molecule has 0 saturated carbocycles. The number of esters is 2. The molecule has 0 aromatic rings. The van der Waals surface area contributed by atoms with E-state index < -0.39 is 11.9 Å². The predicted octanol–water partition coefficient (Wildman–Crippen LogP) is 0.813. The molecule has 0 amide bonds. The topological polar surface area (TPSA) is 52.6 Å². The number of carbonyl (C=O) groups is 2. The highest BCUT2D eigenvalue weighted by atomic mass is 16.5. The molecule has 0 aliphatic carbocycles. The largest absolute Gasteiger partial charge is 0.463 e. The third-order valence-corrected chi connectivity index (χ3v) is 1.63. The zero-order valence-corrected chi connectivity index (χ0v) is 7.32. The molecule has 0 spiro atoms. The van der Waals surface area contributed by atoms with Crippen molar-refractivity contribution < 1.29 is 19.1 Å². The first-order chi connectivity index (χ1) is 6.29. The molecule has 0 N–H and O–H groups in total. The normalized spacial score (nSPS) is 22.5. The Kier molecular flexibility index (Phi) is 4.02. The Balaban J connectivity index is 2.46. The number of cyclic esters (lactones) is 2. The molecule has 1 aliphatic heterocycles. The van der Waals surface area contributed by atoms with E-state index in [-0.39, 0.29) is 0 Å². The fourth-order valence-electron chi connectivity index (χ4n) is 0.959. The van der Waals surface area contributed by atoms with Crippen LogP contribution in [0, 0.1) is 0 Å². The maximum atomic E-state index is 10.8. The van der Waals surface area contributed by atoms with Gasteiger partial charge in [0.05, 0.1) is 13.2 Å². The molecule has 1 rings (SSSR count). The van der Waals surface area contributed by atoms with E-state index in [1.54, 1.807) is 0 Å². The SMILES string of the molecule is O=C1/C=C\C(=O)OCCCCCO1. The number of carbonyl (C=O) groups excluding carboxylic acids is 2. The summed E-state index contributed by atoms with van der Waals surface area (Å²) in [6, 6.07) is 0. The summed E-state index contributed by atoms with van der Waals surface area (Å²) in [5.74, 6) is -0.974. The van der Waals surface area contributed by atoms with Gasteiger partial charge in [-0.05, 0) is 19.3 Å². The van der Waals surface area contributed by atoms with Crippen molar-refractivity contribution in [2.24, 2.45) is 0 Å². The first-order valence-electron chi connectivity index (χ1n) is 4.30. The zero-order valence-electron chi connectivity index (χ0n) is 7.32. The van der Waals surface area contributed by atoms with Crippen LogP contribution in [-0.2, 0) is 19.1 Å². The average Bonchev–Trinajstić information content (AvgIpc) is 2.15. The van der Waals surface area contributed by atoms with Gasteiger partial charge in [-0.25, -0.2) is 9.59 Å². The van der Waals surface area contributed by atoms with Crippen LogP contribution in [0.1, 0.15) is 19.3 Å². The van der Waals surface area contributed by atoms with Crippen LogP contribution < -0.4 is 0 Å². The minimum Gasteiger partial charge on any atom is -0.463 e. The lowest BCUT2D eigenvalue weighted by molar-refractivity contribution is -0.140. The van der Waals surface area contributed by atoms with Crippen LogP contribution in [0.2, 0.25) is 0 Å². The summed E-state index contributed by atoms with van der Waals surface area (Å²) in [6.07, 6.45) is 4.72. The number of hydrogen-bond donors (Lipinski definition) is 0. The fraction of sp³-hybridized carbons (Fsp3) is 0.556. The monoisotopic (exact) mass is 184 g/mol. The van der Waals surface area contributed by atoms with Gasteiger partial charge in [-0.15, -0.1) is 0 Å². The smallest absolute Gasteiger partial charge is 0.331 e. The van der Waals surface area contributed by atoms with E-state index >= 15 is 0 Å². The number of rotatable bonds is 0. The Bertz CT molecular complexity index is 198. The zero-order chi connectivity index (χ0) is 9.52. The summed E-state index contributed by atoms with van der Waals surface area (Å²) in [5, 5.41) is 0. The molecule has 0 aromatic carbocycles. The second-order valence-electron chi connectivity index (χ2n) is 2.73. The van der Waals surface area contributed by atoms with Crippen LogP contribution in [0.25, 0.3) is 0 Å². The highest BCUT2D eigenvalue weighted by Gasteiger charge is 2.03. The summed E-state index contributed by atoms with van der Waals surface area (Å²) in [7, 11) is 0. The molecule has 0 saturated heterocycles. The van der Waals surface area contributed by atoms with Crippen molar-refractivity contribution in [1.82, 2.24) is 0 Å². The van der Waals surface area contributed by atoms with Gasteiger partial charge in [0, 0.05) is 12.2 Å². The van der Waals surface area contributed by atoms with Gasteiger partial charge in [0.15, 0.2) is 0 Å². The maximum Gasteiger partial charge on any atom is 0.331 e. The van der Waals surface area contributed by atoms with Crippen molar-refractivity contribution in [1.29, 1.82) is 0 Å². The lowest BCUT2D eigenvalue weighted by Crippen LogP contribution is -2.03. The lowest BCUT2D eigenvalue weighted by Gasteiger charge is -2.00. The van der Waals surface area contributed by atoms with Crippen LogP contribution >= 0.6 is 0 Å². The molecule has 13 heavy (non-hydrogen) atoms. The van der Waals surface area contributed by atoms with Gasteiger partial charge in [-0.2, -0.15) is 0 Å². The minimum atomic E-state index is -0.487. The van der Waals surface area contributed by atoms with E-state index in [4.69, 9.17) is 9.47 Å². The van der Waals surface area contributed by atoms with Crippen LogP contribution in [-0.4, -0.2) is 25.2 Å². The van der Waals surface area contributed by atoms with Crippen LogP contribution in [0.5, 0.6) is 0 Å². The third kappa shape index (κ3) is 4.30. The van der Waals surface area contributed by atoms with Crippen molar-refractivity contribution in [3.05, 3.63) is 12.2 Å². The van der Waals surface area contributed by atoms with E-state index in [1.807, 2.05) is 0 Å². The van der Waals surface area contributed by atoms with Gasteiger partial charge >= 0.3 is 11.9 Å². The Morgan fingerprint density at radius 2 is 1.31 bits per heavy atom. The highest BCUT2D eigenvalue weighted by molar-refractivity contribution is 5.91. The standard InChI is InChI=1S/C9H12O4/c10-8-4-5-9(11)13-7-3-1-2-6-12-8/h4-5H,1-3,6-7H2/b5-4-. The van der Waals surface area contributed by atoms with E-state index in [9.17, 15) is 9.59 Å². The Hall–Kier alpha value is -1.32. The molecule has 0 fully saturated rings. The summed E-state index contributed by atoms with van der Waals surface area (Å²) < 4.78 is 9.58. The average molecular weight is 184 g/mol. The molecule has 4 heteroatoms. The van der Waals surface area contributed by atoms with E-state index in [1.165, 1.54) is 0 Å². The van der Waals surface area contributed by atoms with Crippen molar-refractivity contribution >= 4 is 11.9 Å². The van der Waals surface area contributed by atoms with Gasteiger partial charge in [0.25, 0.3) is 0 Å². The first-order valence-corrected chi connectivity index (χ1v) is 4.30. The molecule has 4 nitrogen and oxygen atoms in total. The van der Waals surface area contributed by atoms with Crippen LogP contribution in [0.3, 0.4) is 0 Å². The van der Waals surface area contributed by atoms with Gasteiger partial charge in [0.2, 0.25) is 0 Å². The van der Waals surface area contributed by atoms with Crippen molar-refractivity contribution in [2.45, 2.75) is 19.3 Å². The Labute approximate surface area is 76.5 Å². The van der Waals surface area contributed by atoms with E-state index in [0.29, 0.717) is 13.2 Å². The summed E-state index contributed by atoms with van der Waals surface area (Å²) in [5.41, 5.74) is 0. The predicted molar refractivity (Wildman–Crippen MR) is 44.9 cm³/mol. The number of hydrogen-bond acceptors (Lipinski definition) is 4. The fourth-order valence-corrected chi connectivity index (χ4v) is 0.959. The highest BCUT2D eigenvalue weighted by Crippen LogP contribution is 1.99. The van der Waals surface area contributed by atoms with Gasteiger partial charge in [0.1, 0.15) is 0 Å². The molecule has 0 atom stereocenters. The summed E-state index contributed by atoms with van der Waals surface area (Å²) in [4.78, 5) is 21.7. The van der Waals surface area contributed by atoms with Crippen molar-refractivity contribution in [3.8, 4) is 0 Å². The third-order valence-electron chi connectivity index (χ3n) is 1.63. The molecule has 0 aromatic heterocycles. The Morgan fingerprint density at radius 1 is 0.846 bits per heavy atom. The van der Waals surface area contributed by atoms with Crippen LogP contribution in [0.4, 0.5) is 0 Å². The molecular weight excluding hydrogens is 172 g/mol. The number of ether oxygens (including phenoxy) is 2. The quantitative estimate of drug-likeness (QED) is 0.523. The van der Waals surface area contributed by atoms with Crippen molar-refractivity contribution in [3.63, 3.8) is 0 Å². The lowest BCUT2D eigenvalue weighted by atomic mass is 10.2. The summed E-state index contributed by atoms with van der Waals surface area (Å²) >= 11 is 0. The van der Waals surface area contributed by atoms with Crippen LogP contribution in [0.15, 0.2) is 12.2 Å². The second-order valence-corrected chi connectivity index (χ2v) is 2.73. The Morgan fingerprint density at radius 3 is 1.77 bits per heavy atom.